The Labute approximate surface area is 124 Å². The molecule has 0 aliphatic heterocycles. The van der Waals surface area contributed by atoms with Crippen LogP contribution in [0.25, 0.3) is 0 Å². The van der Waals surface area contributed by atoms with Gasteiger partial charge in [-0.3, -0.25) is 0 Å². The van der Waals surface area contributed by atoms with E-state index < -0.39 is 0 Å². The van der Waals surface area contributed by atoms with Gasteiger partial charge in [-0.15, -0.1) is 0 Å². The van der Waals surface area contributed by atoms with E-state index >= 15 is 0 Å². The number of hydrogen-bond acceptors (Lipinski definition) is 3. The molecule has 0 amide bonds. The molecule has 1 unspecified atom stereocenters. The monoisotopic (exact) mass is 282 g/mol. The zero-order chi connectivity index (χ0) is 15.1. The summed E-state index contributed by atoms with van der Waals surface area (Å²) in [6, 6.07) is 0. The Bertz CT molecular complexity index is 271. The van der Waals surface area contributed by atoms with Gasteiger partial charge in [-0.2, -0.15) is 0 Å². The van der Waals surface area contributed by atoms with Crippen molar-refractivity contribution in [1.29, 1.82) is 0 Å². The molecule has 0 N–H and O–H groups in total. The van der Waals surface area contributed by atoms with E-state index in [1.165, 1.54) is 44.4 Å². The minimum Gasteiger partial charge on any atom is -0.498 e. The first-order chi connectivity index (χ1) is 9.74. The van der Waals surface area contributed by atoms with E-state index in [1.54, 1.807) is 6.92 Å². The first-order valence-electron chi connectivity index (χ1n) is 7.84. The van der Waals surface area contributed by atoms with E-state index in [0.29, 0.717) is 6.61 Å². The van der Waals surface area contributed by atoms with Crippen LogP contribution in [-0.2, 0) is 14.3 Å². The van der Waals surface area contributed by atoms with Crippen molar-refractivity contribution in [1.82, 2.24) is 0 Å². The highest BCUT2D eigenvalue weighted by atomic mass is 16.5. The number of carbonyl (C=O) groups is 1. The fraction of sp³-hybridized carbons (Fsp3) is 0.706. The summed E-state index contributed by atoms with van der Waals surface area (Å²) < 4.78 is 10.3. The van der Waals surface area contributed by atoms with E-state index in [0.717, 1.165) is 19.3 Å². The van der Waals surface area contributed by atoms with Crippen LogP contribution in [0.1, 0.15) is 65.2 Å². The fourth-order valence-electron chi connectivity index (χ4n) is 2.04. The minimum atomic E-state index is -0.288. The third kappa shape index (κ3) is 11.8. The molecule has 0 heterocycles. The number of rotatable bonds is 13. The van der Waals surface area contributed by atoms with Crippen molar-refractivity contribution < 1.29 is 14.3 Å². The lowest BCUT2D eigenvalue weighted by molar-refractivity contribution is -0.137. The molecule has 0 saturated carbocycles. The lowest BCUT2D eigenvalue weighted by atomic mass is 10.1. The molecule has 0 aromatic rings. The molecule has 116 valence electrons. The molecule has 20 heavy (non-hydrogen) atoms. The molecule has 0 aliphatic rings. The van der Waals surface area contributed by atoms with Gasteiger partial charge in [0.15, 0.2) is 0 Å². The predicted octanol–water partition coefficient (Wildman–Crippen LogP) is 4.78. The van der Waals surface area contributed by atoms with E-state index in [9.17, 15) is 4.79 Å². The Kier molecular flexibility index (Phi) is 13.3. The summed E-state index contributed by atoms with van der Waals surface area (Å²) in [6.45, 7) is 8.04. The van der Waals surface area contributed by atoms with Crippen molar-refractivity contribution >= 4 is 5.97 Å². The van der Waals surface area contributed by atoms with Crippen LogP contribution in [0.4, 0.5) is 0 Å². The van der Waals surface area contributed by atoms with Crippen molar-refractivity contribution in [3.05, 3.63) is 25.0 Å². The van der Waals surface area contributed by atoms with Crippen LogP contribution < -0.4 is 0 Å². The third-order valence-electron chi connectivity index (χ3n) is 3.11. The molecule has 1 atom stereocenters. The molecule has 0 saturated heterocycles. The van der Waals surface area contributed by atoms with Gasteiger partial charge in [-0.05, 0) is 19.8 Å². The Hall–Kier alpha value is -1.25. The Morgan fingerprint density at radius 1 is 1.15 bits per heavy atom. The average molecular weight is 282 g/mol. The molecule has 0 aromatic carbocycles. The van der Waals surface area contributed by atoms with Crippen molar-refractivity contribution in [2.24, 2.45) is 0 Å². The van der Waals surface area contributed by atoms with Crippen molar-refractivity contribution in [2.75, 3.05) is 6.61 Å². The van der Waals surface area contributed by atoms with Gasteiger partial charge >= 0.3 is 5.97 Å². The van der Waals surface area contributed by atoms with Gasteiger partial charge in [-0.25, -0.2) is 4.79 Å². The summed E-state index contributed by atoms with van der Waals surface area (Å²) in [5, 5.41) is 0. The summed E-state index contributed by atoms with van der Waals surface area (Å²) in [6.07, 6.45) is 14.3. The number of esters is 1. The Morgan fingerprint density at radius 2 is 1.85 bits per heavy atom. The third-order valence-corrected chi connectivity index (χ3v) is 3.11. The first kappa shape index (κ1) is 18.8. The van der Waals surface area contributed by atoms with Crippen LogP contribution in [0, 0.1) is 0 Å². The van der Waals surface area contributed by atoms with Gasteiger partial charge in [-0.1, -0.05) is 51.7 Å². The molecule has 3 nitrogen and oxygen atoms in total. The van der Waals surface area contributed by atoms with Crippen molar-refractivity contribution in [2.45, 2.75) is 71.3 Å². The second-order valence-electron chi connectivity index (χ2n) is 4.87. The number of hydrogen-bond donors (Lipinski definition) is 0. The molecule has 0 radical (unpaired) electrons. The average Bonchev–Trinajstić information content (AvgIpc) is 2.43. The molecule has 0 spiro atoms. The van der Waals surface area contributed by atoms with Crippen LogP contribution >= 0.6 is 0 Å². The molecule has 0 aromatic heterocycles. The molecule has 0 bridgehead atoms. The summed E-state index contributed by atoms with van der Waals surface area (Å²) in [4.78, 5) is 11.2. The van der Waals surface area contributed by atoms with Gasteiger partial charge in [0.05, 0.1) is 12.9 Å². The van der Waals surface area contributed by atoms with Gasteiger partial charge in [0.2, 0.25) is 0 Å². The molecule has 3 heteroatoms. The summed E-state index contributed by atoms with van der Waals surface area (Å²) >= 11 is 0. The van der Waals surface area contributed by atoms with Crippen molar-refractivity contribution in [3.63, 3.8) is 0 Å². The van der Waals surface area contributed by atoms with Crippen LogP contribution in [0.15, 0.2) is 25.0 Å². The highest BCUT2D eigenvalue weighted by Crippen LogP contribution is 2.13. The Balaban J connectivity index is 3.80. The van der Waals surface area contributed by atoms with Crippen LogP contribution in [0.3, 0.4) is 0 Å². The SMILES string of the molecule is C=COC(C/C=C/C(=O)OCC)CCCCCCCC. The molecular weight excluding hydrogens is 252 g/mol. The quantitative estimate of drug-likeness (QED) is 0.211. The van der Waals surface area contributed by atoms with Crippen LogP contribution in [-0.4, -0.2) is 18.7 Å². The second-order valence-corrected chi connectivity index (χ2v) is 4.87. The van der Waals surface area contributed by atoms with Gasteiger partial charge < -0.3 is 9.47 Å². The predicted molar refractivity (Wildman–Crippen MR) is 83.5 cm³/mol. The maximum absolute atomic E-state index is 11.2. The summed E-state index contributed by atoms with van der Waals surface area (Å²) in [5.41, 5.74) is 0. The van der Waals surface area contributed by atoms with Crippen LogP contribution in [0.2, 0.25) is 0 Å². The maximum atomic E-state index is 11.2. The molecule has 0 aliphatic carbocycles. The second kappa shape index (κ2) is 14.2. The highest BCUT2D eigenvalue weighted by molar-refractivity contribution is 5.81. The molecule has 0 rings (SSSR count). The van der Waals surface area contributed by atoms with E-state index in [-0.39, 0.29) is 12.1 Å². The number of ether oxygens (including phenoxy) is 2. The zero-order valence-electron chi connectivity index (χ0n) is 13.1. The number of carbonyl (C=O) groups excluding carboxylic acids is 1. The smallest absolute Gasteiger partial charge is 0.330 e. The summed E-state index contributed by atoms with van der Waals surface area (Å²) in [7, 11) is 0. The lowest BCUT2D eigenvalue weighted by Crippen LogP contribution is -2.09. The van der Waals surface area contributed by atoms with E-state index in [4.69, 9.17) is 9.47 Å². The first-order valence-corrected chi connectivity index (χ1v) is 7.84. The standard InChI is InChI=1S/C17H30O3/c1-4-7-8-9-10-11-13-16(19-5-2)14-12-15-17(18)20-6-3/h5,12,15-16H,2,4,6-11,13-14H2,1,3H3/b15-12+. The topological polar surface area (TPSA) is 35.5 Å². The molecular formula is C17H30O3. The fourth-order valence-corrected chi connectivity index (χ4v) is 2.04. The maximum Gasteiger partial charge on any atom is 0.330 e. The minimum absolute atomic E-state index is 0.115. The molecule has 0 fully saturated rings. The van der Waals surface area contributed by atoms with Gasteiger partial charge in [0.1, 0.15) is 6.10 Å². The zero-order valence-corrected chi connectivity index (χ0v) is 13.1. The van der Waals surface area contributed by atoms with Crippen LogP contribution in [0.5, 0.6) is 0 Å². The van der Waals surface area contributed by atoms with Crippen molar-refractivity contribution in [3.8, 4) is 0 Å². The van der Waals surface area contributed by atoms with E-state index in [1.807, 2.05) is 6.08 Å². The lowest BCUT2D eigenvalue weighted by Gasteiger charge is -2.14. The normalized spacial score (nSPS) is 12.3. The van der Waals surface area contributed by atoms with Gasteiger partial charge in [0.25, 0.3) is 0 Å². The number of unbranched alkanes of at least 4 members (excludes halogenated alkanes) is 5. The Morgan fingerprint density at radius 3 is 2.50 bits per heavy atom. The highest BCUT2D eigenvalue weighted by Gasteiger charge is 2.06. The van der Waals surface area contributed by atoms with E-state index in [2.05, 4.69) is 13.5 Å². The summed E-state index contributed by atoms with van der Waals surface area (Å²) in [5.74, 6) is -0.288. The largest absolute Gasteiger partial charge is 0.498 e. The van der Waals surface area contributed by atoms with Gasteiger partial charge in [0, 0.05) is 12.5 Å².